The van der Waals surface area contributed by atoms with Crippen molar-refractivity contribution in [3.05, 3.63) is 0 Å². The van der Waals surface area contributed by atoms with Crippen LogP contribution in [0.15, 0.2) is 0 Å². The lowest BCUT2D eigenvalue weighted by atomic mass is 10.3. The number of likely N-dealkylation sites (N-methyl/N-ethyl adjacent to an activating group) is 1. The van der Waals surface area contributed by atoms with Crippen molar-refractivity contribution in [2.75, 3.05) is 32.7 Å². The van der Waals surface area contributed by atoms with Gasteiger partial charge in [0.25, 0.3) is 5.91 Å². The van der Waals surface area contributed by atoms with Gasteiger partial charge in [-0.05, 0) is 19.4 Å². The quantitative estimate of drug-likeness (QED) is 0.537. The lowest BCUT2D eigenvalue weighted by Gasteiger charge is -2.32. The summed E-state index contributed by atoms with van der Waals surface area (Å²) in [5.74, 6) is 5.17. The first-order valence-electron chi connectivity index (χ1n) is 4.72. The molecule has 1 heterocycles. The molecular weight excluding hydrogens is 164 g/mol. The Morgan fingerprint density at radius 1 is 1.31 bits per heavy atom. The van der Waals surface area contributed by atoms with E-state index in [0.717, 1.165) is 32.7 Å². The van der Waals surface area contributed by atoms with Crippen LogP contribution in [-0.4, -0.2) is 48.4 Å². The molecule has 0 unspecified atom stereocenters. The van der Waals surface area contributed by atoms with Crippen molar-refractivity contribution in [1.82, 2.24) is 9.80 Å². The Kier molecular flexibility index (Phi) is 3.78. The minimum absolute atomic E-state index is 0.0294. The van der Waals surface area contributed by atoms with E-state index in [1.807, 2.05) is 4.90 Å². The minimum Gasteiger partial charge on any atom is -0.329 e. The summed E-state index contributed by atoms with van der Waals surface area (Å²) in [5, 5.41) is 0. The van der Waals surface area contributed by atoms with Gasteiger partial charge in [-0.25, -0.2) is 0 Å². The Morgan fingerprint density at radius 3 is 2.38 bits per heavy atom. The van der Waals surface area contributed by atoms with Crippen LogP contribution in [0.25, 0.3) is 0 Å². The average Bonchev–Trinajstić information content (AvgIpc) is 2.18. The van der Waals surface area contributed by atoms with Gasteiger partial charge < -0.3 is 9.80 Å². The van der Waals surface area contributed by atoms with Crippen molar-refractivity contribution in [1.29, 1.82) is 0 Å². The van der Waals surface area contributed by atoms with E-state index in [-0.39, 0.29) is 5.91 Å². The van der Waals surface area contributed by atoms with Crippen molar-refractivity contribution in [2.45, 2.75) is 13.8 Å². The zero-order chi connectivity index (χ0) is 9.68. The van der Waals surface area contributed by atoms with E-state index < -0.39 is 0 Å². The highest BCUT2D eigenvalue weighted by Gasteiger charge is 2.18. The molecule has 0 bridgehead atoms. The number of carbonyl (C=O) groups excluding carboxylic acids is 1. The van der Waals surface area contributed by atoms with Crippen molar-refractivity contribution >= 4 is 5.91 Å². The number of nitrogens with zero attached hydrogens (tertiary/aromatic N) is 2. The molecular formula is C10H16N2O. The highest BCUT2D eigenvalue weighted by atomic mass is 16.2. The Bertz CT molecular complexity index is 231. The summed E-state index contributed by atoms with van der Waals surface area (Å²) in [6.07, 6.45) is 0. The first-order valence-corrected chi connectivity index (χ1v) is 4.72. The highest BCUT2D eigenvalue weighted by Crippen LogP contribution is 2.00. The van der Waals surface area contributed by atoms with E-state index in [4.69, 9.17) is 0 Å². The molecule has 0 aromatic carbocycles. The number of hydrogen-bond acceptors (Lipinski definition) is 2. The SMILES string of the molecule is CC#CC(=O)N1CCN(CC)CC1. The van der Waals surface area contributed by atoms with E-state index in [1.165, 1.54) is 0 Å². The van der Waals surface area contributed by atoms with Crippen molar-refractivity contribution in [3.63, 3.8) is 0 Å². The molecule has 0 spiro atoms. The van der Waals surface area contributed by atoms with Crippen LogP contribution in [-0.2, 0) is 4.79 Å². The predicted octanol–water partition coefficient (Wildman–Crippen LogP) is 0.174. The fourth-order valence-corrected chi connectivity index (χ4v) is 1.45. The Balaban J connectivity index is 2.39. The lowest BCUT2D eigenvalue weighted by Crippen LogP contribution is -2.48. The number of piperazine rings is 1. The van der Waals surface area contributed by atoms with Gasteiger partial charge >= 0.3 is 0 Å². The van der Waals surface area contributed by atoms with Gasteiger partial charge in [-0.15, -0.1) is 0 Å². The summed E-state index contributed by atoms with van der Waals surface area (Å²) in [6, 6.07) is 0. The molecule has 3 heteroatoms. The summed E-state index contributed by atoms with van der Waals surface area (Å²) >= 11 is 0. The zero-order valence-electron chi connectivity index (χ0n) is 8.34. The molecule has 1 fully saturated rings. The minimum atomic E-state index is -0.0294. The largest absolute Gasteiger partial charge is 0.329 e. The maximum absolute atomic E-state index is 11.3. The van der Waals surface area contributed by atoms with Gasteiger partial charge in [0, 0.05) is 26.2 Å². The average molecular weight is 180 g/mol. The summed E-state index contributed by atoms with van der Waals surface area (Å²) < 4.78 is 0. The summed E-state index contributed by atoms with van der Waals surface area (Å²) in [6.45, 7) is 8.51. The fourth-order valence-electron chi connectivity index (χ4n) is 1.45. The van der Waals surface area contributed by atoms with E-state index in [1.54, 1.807) is 6.92 Å². The van der Waals surface area contributed by atoms with E-state index >= 15 is 0 Å². The van der Waals surface area contributed by atoms with Crippen LogP contribution in [0.3, 0.4) is 0 Å². The fraction of sp³-hybridized carbons (Fsp3) is 0.700. The number of carbonyl (C=O) groups is 1. The van der Waals surface area contributed by atoms with Crippen LogP contribution in [0, 0.1) is 11.8 Å². The summed E-state index contributed by atoms with van der Waals surface area (Å²) in [4.78, 5) is 15.5. The molecule has 1 aliphatic rings. The maximum Gasteiger partial charge on any atom is 0.298 e. The van der Waals surface area contributed by atoms with Crippen molar-refractivity contribution < 1.29 is 4.79 Å². The first-order chi connectivity index (χ1) is 6.27. The van der Waals surface area contributed by atoms with Gasteiger partial charge in [-0.2, -0.15) is 0 Å². The monoisotopic (exact) mass is 180 g/mol. The molecule has 1 rings (SSSR count). The molecule has 0 aliphatic carbocycles. The maximum atomic E-state index is 11.3. The van der Waals surface area contributed by atoms with Gasteiger partial charge in [0.15, 0.2) is 0 Å². The van der Waals surface area contributed by atoms with E-state index in [2.05, 4.69) is 23.7 Å². The number of amides is 1. The highest BCUT2D eigenvalue weighted by molar-refractivity contribution is 5.93. The molecule has 1 aliphatic heterocycles. The van der Waals surface area contributed by atoms with Gasteiger partial charge in [0.05, 0.1) is 0 Å². The zero-order valence-corrected chi connectivity index (χ0v) is 8.34. The van der Waals surface area contributed by atoms with Gasteiger partial charge in [0.2, 0.25) is 0 Å². The molecule has 13 heavy (non-hydrogen) atoms. The van der Waals surface area contributed by atoms with Crippen LogP contribution < -0.4 is 0 Å². The second-order valence-corrected chi connectivity index (χ2v) is 3.10. The van der Waals surface area contributed by atoms with Crippen LogP contribution in [0.4, 0.5) is 0 Å². The summed E-state index contributed by atoms with van der Waals surface area (Å²) in [7, 11) is 0. The van der Waals surface area contributed by atoms with Crippen LogP contribution in [0.2, 0.25) is 0 Å². The van der Waals surface area contributed by atoms with Gasteiger partial charge in [0.1, 0.15) is 0 Å². The second-order valence-electron chi connectivity index (χ2n) is 3.10. The summed E-state index contributed by atoms with van der Waals surface area (Å²) in [5.41, 5.74) is 0. The molecule has 72 valence electrons. The third-order valence-electron chi connectivity index (χ3n) is 2.34. The second kappa shape index (κ2) is 4.88. The topological polar surface area (TPSA) is 23.6 Å². The molecule has 0 radical (unpaired) electrons. The Morgan fingerprint density at radius 2 is 1.92 bits per heavy atom. The van der Waals surface area contributed by atoms with Crippen LogP contribution in [0.5, 0.6) is 0 Å². The molecule has 0 N–H and O–H groups in total. The molecule has 3 nitrogen and oxygen atoms in total. The molecule has 1 amide bonds. The third kappa shape index (κ3) is 2.74. The smallest absolute Gasteiger partial charge is 0.298 e. The molecule has 0 aromatic rings. The van der Waals surface area contributed by atoms with E-state index in [9.17, 15) is 4.79 Å². The Hall–Kier alpha value is -1.01. The third-order valence-corrected chi connectivity index (χ3v) is 2.34. The van der Waals surface area contributed by atoms with E-state index in [0.29, 0.717) is 0 Å². The van der Waals surface area contributed by atoms with Crippen LogP contribution >= 0.6 is 0 Å². The van der Waals surface area contributed by atoms with Gasteiger partial charge in [-0.1, -0.05) is 12.8 Å². The Labute approximate surface area is 79.7 Å². The van der Waals surface area contributed by atoms with Crippen LogP contribution in [0.1, 0.15) is 13.8 Å². The lowest BCUT2D eigenvalue weighted by molar-refractivity contribution is -0.126. The molecule has 0 saturated carbocycles. The normalized spacial score (nSPS) is 17.8. The molecule has 1 saturated heterocycles. The number of rotatable bonds is 1. The standard InChI is InChI=1S/C10H16N2O/c1-3-5-10(13)12-8-6-11(4-2)7-9-12/h4,6-9H2,1-2H3. The first kappa shape index (κ1) is 10.1. The molecule has 0 atom stereocenters. The molecule has 0 aromatic heterocycles. The van der Waals surface area contributed by atoms with Crippen molar-refractivity contribution in [3.8, 4) is 11.8 Å². The predicted molar refractivity (Wildman–Crippen MR) is 52.1 cm³/mol. The number of hydrogen-bond donors (Lipinski definition) is 0. The van der Waals surface area contributed by atoms with Gasteiger partial charge in [-0.3, -0.25) is 4.79 Å². The van der Waals surface area contributed by atoms with Crippen molar-refractivity contribution in [2.24, 2.45) is 0 Å².